The largest absolute Gasteiger partial charge is 0.367 e. The van der Waals surface area contributed by atoms with Crippen LogP contribution in [0.4, 0.5) is 5.82 Å². The molecule has 0 aliphatic heterocycles. The van der Waals surface area contributed by atoms with Crippen LogP contribution >= 0.6 is 11.8 Å². The first-order valence-corrected chi connectivity index (χ1v) is 7.51. The topological polar surface area (TPSA) is 42.2 Å². The SMILES string of the molecule is CSC(C)CNc1nccn2nc(C(C)C)cc12. The van der Waals surface area contributed by atoms with E-state index in [1.807, 2.05) is 22.5 Å². The first kappa shape index (κ1) is 13.2. The van der Waals surface area contributed by atoms with E-state index < -0.39 is 0 Å². The average molecular weight is 264 g/mol. The van der Waals surface area contributed by atoms with Gasteiger partial charge in [-0.15, -0.1) is 0 Å². The minimum atomic E-state index is 0.433. The van der Waals surface area contributed by atoms with E-state index in [9.17, 15) is 0 Å². The fraction of sp³-hybridized carbons (Fsp3) is 0.538. The summed E-state index contributed by atoms with van der Waals surface area (Å²) >= 11 is 1.85. The van der Waals surface area contributed by atoms with Gasteiger partial charge in [-0.25, -0.2) is 9.50 Å². The number of fused-ring (bicyclic) bond motifs is 1. The summed E-state index contributed by atoms with van der Waals surface area (Å²) in [6.45, 7) is 7.42. The summed E-state index contributed by atoms with van der Waals surface area (Å²) in [6.07, 6.45) is 5.80. The van der Waals surface area contributed by atoms with E-state index in [0.29, 0.717) is 11.2 Å². The highest BCUT2D eigenvalue weighted by Gasteiger charge is 2.10. The molecule has 2 heterocycles. The Morgan fingerprint density at radius 2 is 2.17 bits per heavy atom. The van der Waals surface area contributed by atoms with E-state index in [2.05, 4.69) is 48.5 Å². The lowest BCUT2D eigenvalue weighted by Crippen LogP contribution is -2.14. The number of aromatic nitrogens is 3. The van der Waals surface area contributed by atoms with Crippen molar-refractivity contribution in [3.05, 3.63) is 24.2 Å². The van der Waals surface area contributed by atoms with Gasteiger partial charge in [0, 0.05) is 24.2 Å². The lowest BCUT2D eigenvalue weighted by atomic mass is 10.1. The average Bonchev–Trinajstić information content (AvgIpc) is 2.80. The van der Waals surface area contributed by atoms with Crippen LogP contribution in [0.15, 0.2) is 18.5 Å². The number of rotatable bonds is 5. The number of nitrogens with zero attached hydrogens (tertiary/aromatic N) is 3. The Morgan fingerprint density at radius 3 is 2.83 bits per heavy atom. The molecule has 0 amide bonds. The molecule has 0 bridgehead atoms. The van der Waals surface area contributed by atoms with E-state index in [1.165, 1.54) is 0 Å². The molecule has 2 aromatic rings. The fourth-order valence-electron chi connectivity index (χ4n) is 1.68. The van der Waals surface area contributed by atoms with Crippen LogP contribution in [0.5, 0.6) is 0 Å². The van der Waals surface area contributed by atoms with Crippen molar-refractivity contribution < 1.29 is 0 Å². The molecule has 0 fully saturated rings. The minimum Gasteiger partial charge on any atom is -0.367 e. The predicted octanol–water partition coefficient (Wildman–Crippen LogP) is 3.02. The molecule has 18 heavy (non-hydrogen) atoms. The Morgan fingerprint density at radius 1 is 1.39 bits per heavy atom. The lowest BCUT2D eigenvalue weighted by molar-refractivity contribution is 0.787. The summed E-state index contributed by atoms with van der Waals surface area (Å²) in [5, 5.41) is 8.52. The van der Waals surface area contributed by atoms with Crippen LogP contribution in [0.1, 0.15) is 32.4 Å². The molecular weight excluding hydrogens is 244 g/mol. The fourth-order valence-corrected chi connectivity index (χ4v) is 1.93. The standard InChI is InChI=1S/C13H20N4S/c1-9(2)11-7-12-13(15-8-10(3)18-4)14-5-6-17(12)16-11/h5-7,9-10H,8H2,1-4H3,(H,14,15). The Hall–Kier alpha value is -1.23. The maximum Gasteiger partial charge on any atom is 0.152 e. The van der Waals surface area contributed by atoms with Crippen LogP contribution in [-0.4, -0.2) is 32.6 Å². The van der Waals surface area contributed by atoms with E-state index in [0.717, 1.165) is 23.6 Å². The molecular formula is C13H20N4S. The number of anilines is 1. The molecule has 98 valence electrons. The molecule has 4 nitrogen and oxygen atoms in total. The molecule has 0 radical (unpaired) electrons. The minimum absolute atomic E-state index is 0.433. The van der Waals surface area contributed by atoms with Crippen LogP contribution < -0.4 is 5.32 Å². The predicted molar refractivity (Wildman–Crippen MR) is 78.5 cm³/mol. The highest BCUT2D eigenvalue weighted by molar-refractivity contribution is 7.99. The second-order valence-electron chi connectivity index (χ2n) is 4.76. The third-order valence-corrected chi connectivity index (χ3v) is 3.93. The summed E-state index contributed by atoms with van der Waals surface area (Å²) < 4.78 is 1.90. The van der Waals surface area contributed by atoms with Crippen molar-refractivity contribution in [2.45, 2.75) is 31.9 Å². The van der Waals surface area contributed by atoms with Crippen LogP contribution in [0.2, 0.25) is 0 Å². The summed E-state index contributed by atoms with van der Waals surface area (Å²) in [7, 11) is 0. The van der Waals surface area contributed by atoms with Crippen molar-refractivity contribution in [3.63, 3.8) is 0 Å². The van der Waals surface area contributed by atoms with Crippen molar-refractivity contribution in [3.8, 4) is 0 Å². The number of thioether (sulfide) groups is 1. The summed E-state index contributed by atoms with van der Waals surface area (Å²) in [4.78, 5) is 4.40. The zero-order valence-electron chi connectivity index (χ0n) is 11.3. The Kier molecular flexibility index (Phi) is 4.11. The van der Waals surface area contributed by atoms with E-state index in [-0.39, 0.29) is 0 Å². The van der Waals surface area contributed by atoms with E-state index in [1.54, 1.807) is 6.20 Å². The molecule has 0 aliphatic carbocycles. The van der Waals surface area contributed by atoms with Gasteiger partial charge in [-0.1, -0.05) is 20.8 Å². The van der Waals surface area contributed by atoms with Gasteiger partial charge < -0.3 is 5.32 Å². The van der Waals surface area contributed by atoms with Gasteiger partial charge in [-0.3, -0.25) is 0 Å². The molecule has 1 N–H and O–H groups in total. The van der Waals surface area contributed by atoms with Crippen molar-refractivity contribution >= 4 is 23.1 Å². The highest BCUT2D eigenvalue weighted by Crippen LogP contribution is 2.20. The van der Waals surface area contributed by atoms with Gasteiger partial charge >= 0.3 is 0 Å². The Bertz CT molecular complexity index is 521. The van der Waals surface area contributed by atoms with Gasteiger partial charge in [0.05, 0.1) is 5.69 Å². The van der Waals surface area contributed by atoms with Gasteiger partial charge in [0.2, 0.25) is 0 Å². The van der Waals surface area contributed by atoms with Crippen LogP contribution in [0, 0.1) is 0 Å². The summed E-state index contributed by atoms with van der Waals surface area (Å²) in [6, 6.07) is 2.11. The summed E-state index contributed by atoms with van der Waals surface area (Å²) in [5.41, 5.74) is 2.15. The second-order valence-corrected chi connectivity index (χ2v) is 6.03. The van der Waals surface area contributed by atoms with E-state index >= 15 is 0 Å². The molecule has 0 aromatic carbocycles. The third kappa shape index (κ3) is 2.77. The van der Waals surface area contributed by atoms with Crippen molar-refractivity contribution in [1.29, 1.82) is 0 Å². The normalized spacial score (nSPS) is 13.2. The smallest absolute Gasteiger partial charge is 0.152 e. The lowest BCUT2D eigenvalue weighted by Gasteiger charge is -2.10. The zero-order valence-corrected chi connectivity index (χ0v) is 12.2. The van der Waals surface area contributed by atoms with Crippen molar-refractivity contribution in [2.24, 2.45) is 0 Å². The maximum absolute atomic E-state index is 4.55. The van der Waals surface area contributed by atoms with Crippen molar-refractivity contribution in [2.75, 3.05) is 18.1 Å². The van der Waals surface area contributed by atoms with Gasteiger partial charge in [0.15, 0.2) is 5.82 Å². The van der Waals surface area contributed by atoms with Crippen molar-refractivity contribution in [1.82, 2.24) is 14.6 Å². The summed E-state index contributed by atoms with van der Waals surface area (Å²) in [5.74, 6) is 1.35. The molecule has 0 saturated heterocycles. The zero-order chi connectivity index (χ0) is 13.1. The third-order valence-electron chi connectivity index (χ3n) is 2.96. The molecule has 0 saturated carbocycles. The first-order chi connectivity index (χ1) is 8.61. The molecule has 2 aromatic heterocycles. The Balaban J connectivity index is 2.27. The van der Waals surface area contributed by atoms with Gasteiger partial charge in [0.1, 0.15) is 5.52 Å². The monoisotopic (exact) mass is 264 g/mol. The molecule has 1 unspecified atom stereocenters. The molecule has 2 rings (SSSR count). The Labute approximate surface area is 112 Å². The maximum atomic E-state index is 4.55. The molecule has 5 heteroatoms. The van der Waals surface area contributed by atoms with Gasteiger partial charge in [-0.2, -0.15) is 16.9 Å². The van der Waals surface area contributed by atoms with E-state index in [4.69, 9.17) is 0 Å². The van der Waals surface area contributed by atoms with Crippen LogP contribution in [0.3, 0.4) is 0 Å². The van der Waals surface area contributed by atoms with Crippen LogP contribution in [0.25, 0.3) is 5.52 Å². The number of nitrogens with one attached hydrogen (secondary N) is 1. The number of hydrogen-bond acceptors (Lipinski definition) is 4. The van der Waals surface area contributed by atoms with Gasteiger partial charge in [0.25, 0.3) is 0 Å². The number of hydrogen-bond donors (Lipinski definition) is 1. The first-order valence-electron chi connectivity index (χ1n) is 6.22. The van der Waals surface area contributed by atoms with Gasteiger partial charge in [-0.05, 0) is 18.2 Å². The molecule has 1 atom stereocenters. The molecule has 0 spiro atoms. The quantitative estimate of drug-likeness (QED) is 0.901. The highest BCUT2D eigenvalue weighted by atomic mass is 32.2. The second kappa shape index (κ2) is 5.61. The van der Waals surface area contributed by atoms with Crippen LogP contribution in [-0.2, 0) is 0 Å². The molecule has 0 aliphatic rings.